The lowest BCUT2D eigenvalue weighted by Gasteiger charge is -2.21. The first kappa shape index (κ1) is 17.0. The Morgan fingerprint density at radius 3 is 2.60 bits per heavy atom. The number of nitro benzene ring substituents is 1. The summed E-state index contributed by atoms with van der Waals surface area (Å²) in [5, 5.41) is 13.0. The number of amides is 1. The molecule has 0 N–H and O–H groups in total. The van der Waals surface area contributed by atoms with E-state index in [0.717, 1.165) is 12.8 Å². The van der Waals surface area contributed by atoms with Crippen molar-refractivity contribution in [2.75, 3.05) is 7.11 Å². The van der Waals surface area contributed by atoms with Crippen LogP contribution in [0.4, 0.5) is 5.69 Å². The quantitative estimate of drug-likeness (QED) is 0.445. The summed E-state index contributed by atoms with van der Waals surface area (Å²) in [5.74, 6) is -0.714. The molecular weight excluding hydrogens is 346 g/mol. The summed E-state index contributed by atoms with van der Waals surface area (Å²) in [6, 6.07) is 5.68. The van der Waals surface area contributed by atoms with Crippen molar-refractivity contribution in [2.45, 2.75) is 25.4 Å². The number of carbonyl (C=O) groups is 2. The summed E-state index contributed by atoms with van der Waals surface area (Å²) in [5.41, 5.74) is 0.556. The average molecular weight is 361 g/mol. The van der Waals surface area contributed by atoms with E-state index in [1.54, 1.807) is 10.3 Å². The second-order valence-electron chi connectivity index (χ2n) is 5.59. The van der Waals surface area contributed by atoms with Crippen LogP contribution >= 0.6 is 11.3 Å². The van der Waals surface area contributed by atoms with Crippen molar-refractivity contribution >= 4 is 28.9 Å². The van der Waals surface area contributed by atoms with E-state index in [9.17, 15) is 19.7 Å². The molecule has 1 aliphatic rings. The number of benzene rings is 1. The Morgan fingerprint density at radius 2 is 2.04 bits per heavy atom. The molecule has 1 saturated carbocycles. The zero-order valence-electron chi connectivity index (χ0n) is 13.4. The minimum Gasteiger partial charge on any atom is -0.464 e. The summed E-state index contributed by atoms with van der Waals surface area (Å²) >= 11 is 1.29. The summed E-state index contributed by atoms with van der Waals surface area (Å²) < 4.78 is 4.63. The van der Waals surface area contributed by atoms with Crippen LogP contribution in [-0.4, -0.2) is 39.8 Å². The largest absolute Gasteiger partial charge is 0.464 e. The number of thiazole rings is 1. The number of hydrogen-bond donors (Lipinski definition) is 0. The summed E-state index contributed by atoms with van der Waals surface area (Å²) in [7, 11) is 1.29. The van der Waals surface area contributed by atoms with Crippen molar-refractivity contribution in [3.63, 3.8) is 0 Å². The molecule has 0 radical (unpaired) electrons. The molecule has 0 unspecified atom stereocenters. The van der Waals surface area contributed by atoms with Crippen LogP contribution in [0, 0.1) is 10.1 Å². The lowest BCUT2D eigenvalue weighted by molar-refractivity contribution is -0.384. The van der Waals surface area contributed by atoms with Gasteiger partial charge in [0, 0.05) is 29.1 Å². The Balaban J connectivity index is 1.76. The van der Waals surface area contributed by atoms with Gasteiger partial charge in [0.25, 0.3) is 11.6 Å². The highest BCUT2D eigenvalue weighted by Gasteiger charge is 2.34. The fourth-order valence-corrected chi connectivity index (χ4v) is 3.13. The summed E-state index contributed by atoms with van der Waals surface area (Å²) in [6.07, 6.45) is 1.82. The molecule has 1 amide bonds. The summed E-state index contributed by atoms with van der Waals surface area (Å²) in [4.78, 5) is 40.4. The maximum Gasteiger partial charge on any atom is 0.357 e. The monoisotopic (exact) mass is 361 g/mol. The third kappa shape index (κ3) is 3.82. The van der Waals surface area contributed by atoms with Crippen LogP contribution in [0.1, 0.15) is 38.7 Å². The Hall–Kier alpha value is -2.81. The molecule has 1 aromatic carbocycles. The van der Waals surface area contributed by atoms with Crippen LogP contribution in [-0.2, 0) is 11.3 Å². The molecule has 0 atom stereocenters. The van der Waals surface area contributed by atoms with Crippen molar-refractivity contribution in [2.24, 2.45) is 0 Å². The molecule has 2 aromatic rings. The highest BCUT2D eigenvalue weighted by atomic mass is 32.1. The van der Waals surface area contributed by atoms with Gasteiger partial charge in [0.1, 0.15) is 5.01 Å². The molecule has 130 valence electrons. The molecule has 3 rings (SSSR count). The van der Waals surface area contributed by atoms with Crippen molar-refractivity contribution < 1.29 is 19.2 Å². The Morgan fingerprint density at radius 1 is 1.36 bits per heavy atom. The van der Waals surface area contributed by atoms with Gasteiger partial charge in [-0.2, -0.15) is 0 Å². The normalized spacial score (nSPS) is 13.3. The predicted molar refractivity (Wildman–Crippen MR) is 89.4 cm³/mol. The molecule has 25 heavy (non-hydrogen) atoms. The fourth-order valence-electron chi connectivity index (χ4n) is 2.37. The molecule has 8 nitrogen and oxygen atoms in total. The van der Waals surface area contributed by atoms with E-state index in [2.05, 4.69) is 9.72 Å². The van der Waals surface area contributed by atoms with E-state index >= 15 is 0 Å². The second-order valence-corrected chi connectivity index (χ2v) is 6.53. The van der Waals surface area contributed by atoms with E-state index in [1.165, 1.54) is 42.7 Å². The van der Waals surface area contributed by atoms with E-state index in [1.807, 2.05) is 0 Å². The van der Waals surface area contributed by atoms with Crippen LogP contribution in [0.5, 0.6) is 0 Å². The lowest BCUT2D eigenvalue weighted by Crippen LogP contribution is -2.32. The molecule has 0 bridgehead atoms. The van der Waals surface area contributed by atoms with Crippen LogP contribution < -0.4 is 0 Å². The Bertz CT molecular complexity index is 813. The minimum atomic E-state index is -0.512. The average Bonchev–Trinajstić information content (AvgIpc) is 3.36. The van der Waals surface area contributed by atoms with Crippen molar-refractivity contribution in [1.82, 2.24) is 9.88 Å². The lowest BCUT2D eigenvalue weighted by atomic mass is 10.2. The first-order valence-electron chi connectivity index (χ1n) is 7.57. The maximum atomic E-state index is 12.7. The van der Waals surface area contributed by atoms with Gasteiger partial charge in [0.2, 0.25) is 0 Å². The first-order chi connectivity index (χ1) is 12.0. The van der Waals surface area contributed by atoms with Crippen LogP contribution in [0.3, 0.4) is 0 Å². The molecule has 0 aliphatic heterocycles. The number of esters is 1. The topological polar surface area (TPSA) is 103 Å². The number of nitro groups is 1. The standard InChI is InChI=1S/C16H15N3O5S/c1-24-16(21)13-9-25-14(17-13)8-18(11-6-7-11)15(20)10-2-4-12(5-3-10)19(22)23/h2-5,9,11H,6-8H2,1H3. The fraction of sp³-hybridized carbons (Fsp3) is 0.312. The molecule has 0 saturated heterocycles. The molecule has 1 aromatic heterocycles. The third-order valence-corrected chi connectivity index (χ3v) is 4.66. The van der Waals surface area contributed by atoms with Gasteiger partial charge in [-0.1, -0.05) is 0 Å². The number of rotatable bonds is 6. The zero-order chi connectivity index (χ0) is 18.0. The van der Waals surface area contributed by atoms with Crippen molar-refractivity contribution in [3.8, 4) is 0 Å². The molecular formula is C16H15N3O5S. The first-order valence-corrected chi connectivity index (χ1v) is 8.45. The zero-order valence-corrected chi connectivity index (χ0v) is 14.2. The van der Waals surface area contributed by atoms with Crippen LogP contribution in [0.25, 0.3) is 0 Å². The van der Waals surface area contributed by atoms with Gasteiger partial charge < -0.3 is 9.64 Å². The Kier molecular flexibility index (Phi) is 4.75. The van der Waals surface area contributed by atoms with Gasteiger partial charge >= 0.3 is 5.97 Å². The van der Waals surface area contributed by atoms with Crippen molar-refractivity contribution in [3.05, 3.63) is 56.0 Å². The number of ether oxygens (including phenoxy) is 1. The third-order valence-electron chi connectivity index (χ3n) is 3.83. The minimum absolute atomic E-state index is 0.0582. The molecule has 0 spiro atoms. The van der Waals surface area contributed by atoms with Crippen molar-refractivity contribution in [1.29, 1.82) is 0 Å². The molecule has 1 fully saturated rings. The van der Waals surface area contributed by atoms with E-state index in [0.29, 0.717) is 17.1 Å². The number of methoxy groups -OCH3 is 1. The van der Waals surface area contributed by atoms with E-state index in [4.69, 9.17) is 0 Å². The Labute approximate surface area is 147 Å². The van der Waals surface area contributed by atoms with Crippen LogP contribution in [0.2, 0.25) is 0 Å². The summed E-state index contributed by atoms with van der Waals surface area (Å²) in [6.45, 7) is 0.294. The maximum absolute atomic E-state index is 12.7. The highest BCUT2D eigenvalue weighted by Crippen LogP contribution is 2.30. The molecule has 1 aliphatic carbocycles. The SMILES string of the molecule is COC(=O)c1csc(CN(C(=O)c2ccc([N+](=O)[O-])cc2)C2CC2)n1. The number of non-ortho nitro benzene ring substituents is 1. The van der Waals surface area contributed by atoms with Gasteiger partial charge in [0.15, 0.2) is 5.69 Å². The number of aromatic nitrogens is 1. The number of nitrogens with zero attached hydrogens (tertiary/aromatic N) is 3. The van der Waals surface area contributed by atoms with Gasteiger partial charge in [-0.25, -0.2) is 9.78 Å². The second kappa shape index (κ2) is 6.98. The number of hydrogen-bond acceptors (Lipinski definition) is 7. The highest BCUT2D eigenvalue weighted by molar-refractivity contribution is 7.09. The van der Waals surface area contributed by atoms with E-state index < -0.39 is 10.9 Å². The van der Waals surface area contributed by atoms with Crippen LogP contribution in [0.15, 0.2) is 29.6 Å². The van der Waals surface area contributed by atoms with E-state index in [-0.39, 0.29) is 23.3 Å². The van der Waals surface area contributed by atoms with Gasteiger partial charge in [-0.3, -0.25) is 14.9 Å². The number of carbonyl (C=O) groups excluding carboxylic acids is 2. The molecule has 1 heterocycles. The smallest absolute Gasteiger partial charge is 0.357 e. The van der Waals surface area contributed by atoms with Gasteiger partial charge in [0.05, 0.1) is 18.6 Å². The van der Waals surface area contributed by atoms with Gasteiger partial charge in [-0.05, 0) is 25.0 Å². The van der Waals surface area contributed by atoms with Gasteiger partial charge in [-0.15, -0.1) is 11.3 Å². The molecule has 9 heteroatoms. The predicted octanol–water partition coefficient (Wildman–Crippen LogP) is 2.64.